The number of ether oxygens (including phenoxy) is 1. The summed E-state index contributed by atoms with van der Waals surface area (Å²) in [4.78, 5) is 11.0. The smallest absolute Gasteiger partial charge is 0.306 e. The predicted molar refractivity (Wildman–Crippen MR) is 72.3 cm³/mol. The average molecular weight is 279 g/mol. The summed E-state index contributed by atoms with van der Waals surface area (Å²) in [5, 5.41) is 2.63. The third-order valence-electron chi connectivity index (χ3n) is 3.10. The molecule has 0 heterocycles. The molecule has 0 aliphatic heterocycles. The number of sulfone groups is 1. The van der Waals surface area contributed by atoms with Crippen molar-refractivity contribution in [2.24, 2.45) is 0 Å². The molecule has 6 heteroatoms. The molecule has 0 saturated carbocycles. The summed E-state index contributed by atoms with van der Waals surface area (Å²) in [6.45, 7) is 3.89. The summed E-state index contributed by atoms with van der Waals surface area (Å²) in [6.07, 6.45) is 2.22. The normalized spacial score (nSPS) is 15.1. The van der Waals surface area contributed by atoms with E-state index in [1.165, 1.54) is 7.11 Å². The molecule has 2 unspecified atom stereocenters. The van der Waals surface area contributed by atoms with E-state index in [2.05, 4.69) is 10.1 Å². The minimum absolute atomic E-state index is 0.0531. The van der Waals surface area contributed by atoms with Gasteiger partial charge in [-0.25, -0.2) is 8.42 Å². The Morgan fingerprint density at radius 2 is 1.94 bits per heavy atom. The van der Waals surface area contributed by atoms with Crippen molar-refractivity contribution in [2.75, 3.05) is 19.9 Å². The molecular formula is C12H25NO4S. The van der Waals surface area contributed by atoms with Crippen molar-refractivity contribution in [3.05, 3.63) is 0 Å². The first kappa shape index (κ1) is 17.4. The zero-order valence-electron chi connectivity index (χ0n) is 11.7. The lowest BCUT2D eigenvalue weighted by atomic mass is 10.1. The first-order chi connectivity index (χ1) is 8.42. The van der Waals surface area contributed by atoms with Gasteiger partial charge in [-0.1, -0.05) is 20.3 Å². The number of nitrogens with one attached hydrogen (secondary N) is 1. The van der Waals surface area contributed by atoms with Gasteiger partial charge in [0, 0.05) is 6.04 Å². The zero-order valence-corrected chi connectivity index (χ0v) is 12.5. The molecule has 0 aromatic carbocycles. The Balaban J connectivity index is 4.74. The second-order valence-electron chi connectivity index (χ2n) is 4.32. The van der Waals surface area contributed by atoms with Crippen LogP contribution in [0, 0.1) is 0 Å². The van der Waals surface area contributed by atoms with Crippen molar-refractivity contribution in [3.8, 4) is 0 Å². The maximum absolute atomic E-state index is 12.2. The lowest BCUT2D eigenvalue weighted by Crippen LogP contribution is -2.43. The van der Waals surface area contributed by atoms with E-state index in [-0.39, 0.29) is 18.2 Å². The summed E-state index contributed by atoms with van der Waals surface area (Å²) in [5.74, 6) is -0.620. The van der Waals surface area contributed by atoms with Crippen LogP contribution in [0.5, 0.6) is 0 Å². The molecule has 0 radical (unpaired) electrons. The largest absolute Gasteiger partial charge is 0.469 e. The highest BCUT2D eigenvalue weighted by Gasteiger charge is 2.30. The number of esters is 1. The monoisotopic (exact) mass is 279 g/mol. The zero-order chi connectivity index (χ0) is 14.2. The lowest BCUT2D eigenvalue weighted by Gasteiger charge is -2.25. The van der Waals surface area contributed by atoms with E-state index < -0.39 is 21.1 Å². The Bertz CT molecular complexity index is 340. The van der Waals surface area contributed by atoms with Crippen LogP contribution in [-0.2, 0) is 19.4 Å². The average Bonchev–Trinajstić information content (AvgIpc) is 2.35. The van der Waals surface area contributed by atoms with Gasteiger partial charge in [0.05, 0.1) is 24.5 Å². The van der Waals surface area contributed by atoms with Gasteiger partial charge in [0.1, 0.15) is 0 Å². The van der Waals surface area contributed by atoms with E-state index >= 15 is 0 Å². The van der Waals surface area contributed by atoms with Gasteiger partial charge >= 0.3 is 5.97 Å². The van der Waals surface area contributed by atoms with Gasteiger partial charge < -0.3 is 10.1 Å². The van der Waals surface area contributed by atoms with E-state index in [0.717, 1.165) is 12.8 Å². The second kappa shape index (κ2) is 8.48. The summed E-state index contributed by atoms with van der Waals surface area (Å²) in [5.41, 5.74) is 0. The second-order valence-corrected chi connectivity index (χ2v) is 6.66. The number of hydrogen-bond donors (Lipinski definition) is 1. The highest BCUT2D eigenvalue weighted by Crippen LogP contribution is 2.16. The molecular weight excluding hydrogens is 254 g/mol. The number of methoxy groups -OCH3 is 1. The molecule has 1 N–H and O–H groups in total. The Kier molecular flexibility index (Phi) is 8.18. The maximum Gasteiger partial charge on any atom is 0.306 e. The number of hydrogen-bond acceptors (Lipinski definition) is 5. The molecule has 5 nitrogen and oxygen atoms in total. The van der Waals surface area contributed by atoms with Crippen LogP contribution < -0.4 is 5.32 Å². The van der Waals surface area contributed by atoms with Gasteiger partial charge in [-0.2, -0.15) is 0 Å². The predicted octanol–water partition coefficient (Wildman–Crippen LogP) is 1.13. The third kappa shape index (κ3) is 5.35. The molecule has 0 aromatic heterocycles. The van der Waals surface area contributed by atoms with Gasteiger partial charge in [0.15, 0.2) is 9.84 Å². The molecule has 2 atom stereocenters. The summed E-state index contributed by atoms with van der Waals surface area (Å²) in [6, 6.07) is -0.0531. The van der Waals surface area contributed by atoms with Gasteiger partial charge in [0.2, 0.25) is 0 Å². The van der Waals surface area contributed by atoms with Crippen LogP contribution in [0.25, 0.3) is 0 Å². The molecule has 0 amide bonds. The Morgan fingerprint density at radius 3 is 2.33 bits per heavy atom. The van der Waals surface area contributed by atoms with E-state index in [1.807, 2.05) is 13.8 Å². The number of carbonyl (C=O) groups excluding carboxylic acids is 1. The van der Waals surface area contributed by atoms with Gasteiger partial charge in [-0.15, -0.1) is 0 Å². The third-order valence-corrected chi connectivity index (χ3v) is 5.46. The van der Waals surface area contributed by atoms with Crippen molar-refractivity contribution < 1.29 is 17.9 Å². The number of rotatable bonds is 9. The fourth-order valence-electron chi connectivity index (χ4n) is 2.09. The molecule has 18 heavy (non-hydrogen) atoms. The molecule has 0 rings (SSSR count). The Labute approximate surface area is 110 Å². The highest BCUT2D eigenvalue weighted by atomic mass is 32.2. The van der Waals surface area contributed by atoms with E-state index in [1.54, 1.807) is 7.05 Å². The topological polar surface area (TPSA) is 72.5 Å². The van der Waals surface area contributed by atoms with E-state index in [9.17, 15) is 13.2 Å². The standard InChI is InChI=1S/C12H25NO4S/c1-5-7-10(13-3)11(6-2)18(15,16)9-8-12(14)17-4/h10-11,13H,5-9H2,1-4H3. The maximum atomic E-state index is 12.2. The minimum Gasteiger partial charge on any atom is -0.469 e. The first-order valence-corrected chi connectivity index (χ1v) is 8.10. The fourth-order valence-corrected chi connectivity index (χ4v) is 4.13. The van der Waals surface area contributed by atoms with Crippen LogP contribution in [0.15, 0.2) is 0 Å². The minimum atomic E-state index is -3.27. The fraction of sp³-hybridized carbons (Fsp3) is 0.917. The van der Waals surface area contributed by atoms with Gasteiger partial charge in [-0.05, 0) is 19.9 Å². The van der Waals surface area contributed by atoms with Crippen LogP contribution in [0.2, 0.25) is 0 Å². The van der Waals surface area contributed by atoms with Gasteiger partial charge in [0.25, 0.3) is 0 Å². The van der Waals surface area contributed by atoms with Crippen LogP contribution in [0.1, 0.15) is 39.5 Å². The molecule has 0 spiro atoms. The first-order valence-electron chi connectivity index (χ1n) is 6.38. The molecule has 0 aliphatic rings. The van der Waals surface area contributed by atoms with E-state index in [0.29, 0.717) is 6.42 Å². The van der Waals surface area contributed by atoms with E-state index in [4.69, 9.17) is 0 Å². The molecule has 0 saturated heterocycles. The quantitative estimate of drug-likeness (QED) is 0.641. The van der Waals surface area contributed by atoms with Crippen molar-refractivity contribution in [2.45, 2.75) is 50.8 Å². The summed E-state index contributed by atoms with van der Waals surface area (Å²) in [7, 11) is -0.234. The summed E-state index contributed by atoms with van der Waals surface area (Å²) >= 11 is 0. The Hall–Kier alpha value is -0.620. The van der Waals surface area contributed by atoms with Crippen molar-refractivity contribution >= 4 is 15.8 Å². The summed E-state index contributed by atoms with van der Waals surface area (Å²) < 4.78 is 28.9. The lowest BCUT2D eigenvalue weighted by molar-refractivity contribution is -0.140. The molecule has 0 fully saturated rings. The number of carbonyl (C=O) groups is 1. The molecule has 108 valence electrons. The molecule has 0 aromatic rings. The van der Waals surface area contributed by atoms with Crippen LogP contribution in [-0.4, -0.2) is 45.6 Å². The van der Waals surface area contributed by atoms with Crippen LogP contribution >= 0.6 is 0 Å². The SMILES string of the molecule is CCCC(NC)C(CC)S(=O)(=O)CCC(=O)OC. The van der Waals surface area contributed by atoms with Crippen molar-refractivity contribution in [1.29, 1.82) is 0 Å². The molecule has 0 aliphatic carbocycles. The van der Waals surface area contributed by atoms with Crippen LogP contribution in [0.3, 0.4) is 0 Å². The highest BCUT2D eigenvalue weighted by molar-refractivity contribution is 7.92. The van der Waals surface area contributed by atoms with Crippen molar-refractivity contribution in [1.82, 2.24) is 5.32 Å². The van der Waals surface area contributed by atoms with Crippen LogP contribution in [0.4, 0.5) is 0 Å². The Morgan fingerprint density at radius 1 is 1.33 bits per heavy atom. The molecule has 0 bridgehead atoms. The van der Waals surface area contributed by atoms with Crippen molar-refractivity contribution in [3.63, 3.8) is 0 Å². The van der Waals surface area contributed by atoms with Gasteiger partial charge in [-0.3, -0.25) is 4.79 Å².